The average molecular weight is 694 g/mol. The van der Waals surface area contributed by atoms with Crippen LogP contribution in [0.1, 0.15) is 47.0 Å². The Bertz CT molecular complexity index is 1150. The molecule has 0 aliphatic heterocycles. The first-order chi connectivity index (χ1) is 22.3. The molecule has 274 valence electrons. The molecule has 21 nitrogen and oxygen atoms in total. The number of aliphatic carboxylic acids is 2. The number of carbonyl (C=O) groups is 8. The van der Waals surface area contributed by atoms with Gasteiger partial charge in [0.25, 0.3) is 0 Å². The third-order valence-corrected chi connectivity index (χ3v) is 6.52. The molecule has 0 saturated heterocycles. The summed E-state index contributed by atoms with van der Waals surface area (Å²) in [5.41, 5.74) is 5.45. The van der Waals surface area contributed by atoms with E-state index in [9.17, 15) is 58.8 Å². The van der Waals surface area contributed by atoms with E-state index in [4.69, 9.17) is 15.9 Å². The molecule has 0 heterocycles. The molecule has 0 bridgehead atoms. The zero-order chi connectivity index (χ0) is 37.3. The molecule has 8 atom stereocenters. The van der Waals surface area contributed by atoms with Crippen molar-refractivity contribution in [3.63, 3.8) is 0 Å². The Kier molecular flexibility index (Phi) is 19.5. The van der Waals surface area contributed by atoms with E-state index in [0.29, 0.717) is 0 Å². The van der Waals surface area contributed by atoms with Gasteiger partial charge in [-0.3, -0.25) is 33.6 Å². The summed E-state index contributed by atoms with van der Waals surface area (Å²) in [4.78, 5) is 98.7. The SMILES string of the molecule is CC(C)C[C@H](NC(=O)[C@H](CO)NC(=O)[C@H](CO)NC(=O)[C@@H](NC(=O)[C@H](C)N)[C@@H](C)O)C(=O)N[C@@H](CCC(=O)O)C(=O)N[C@@H](CO)C(=O)O. The number of amides is 6. The Balaban J connectivity index is 5.85. The van der Waals surface area contributed by atoms with E-state index in [0.717, 1.165) is 6.92 Å². The number of carbonyl (C=O) groups excluding carboxylic acids is 6. The highest BCUT2D eigenvalue weighted by atomic mass is 16.4. The van der Waals surface area contributed by atoms with Gasteiger partial charge in [-0.05, 0) is 32.6 Å². The van der Waals surface area contributed by atoms with Crippen LogP contribution >= 0.6 is 0 Å². The van der Waals surface area contributed by atoms with Gasteiger partial charge >= 0.3 is 11.9 Å². The Labute approximate surface area is 275 Å². The minimum absolute atomic E-state index is 0.0749. The minimum Gasteiger partial charge on any atom is -0.481 e. The summed E-state index contributed by atoms with van der Waals surface area (Å²) >= 11 is 0. The molecule has 0 rings (SSSR count). The van der Waals surface area contributed by atoms with Gasteiger partial charge in [0, 0.05) is 6.42 Å². The first kappa shape index (κ1) is 43.6. The lowest BCUT2D eigenvalue weighted by Crippen LogP contribution is -2.62. The van der Waals surface area contributed by atoms with Crippen molar-refractivity contribution in [3.8, 4) is 0 Å². The number of aliphatic hydroxyl groups is 4. The van der Waals surface area contributed by atoms with E-state index in [1.165, 1.54) is 6.92 Å². The Morgan fingerprint density at radius 1 is 0.562 bits per heavy atom. The van der Waals surface area contributed by atoms with Crippen molar-refractivity contribution >= 4 is 47.4 Å². The second-order valence-electron chi connectivity index (χ2n) is 11.3. The lowest BCUT2D eigenvalue weighted by Gasteiger charge is -2.27. The van der Waals surface area contributed by atoms with Crippen molar-refractivity contribution in [2.24, 2.45) is 11.7 Å². The van der Waals surface area contributed by atoms with E-state index >= 15 is 0 Å². The van der Waals surface area contributed by atoms with Crippen LogP contribution in [0.15, 0.2) is 0 Å². The predicted molar refractivity (Wildman–Crippen MR) is 162 cm³/mol. The second kappa shape index (κ2) is 21.4. The van der Waals surface area contributed by atoms with Crippen molar-refractivity contribution in [3.05, 3.63) is 0 Å². The van der Waals surface area contributed by atoms with Crippen LogP contribution < -0.4 is 37.6 Å². The van der Waals surface area contributed by atoms with Crippen molar-refractivity contribution in [1.29, 1.82) is 0 Å². The van der Waals surface area contributed by atoms with Crippen molar-refractivity contribution < 1.29 is 69.0 Å². The maximum atomic E-state index is 13.2. The molecule has 14 N–H and O–H groups in total. The summed E-state index contributed by atoms with van der Waals surface area (Å²) < 4.78 is 0. The quantitative estimate of drug-likeness (QED) is 0.0501. The predicted octanol–water partition coefficient (Wildman–Crippen LogP) is -6.40. The molecule has 0 radical (unpaired) electrons. The first-order valence-corrected chi connectivity index (χ1v) is 14.8. The Hall–Kier alpha value is -4.44. The Morgan fingerprint density at radius 3 is 1.35 bits per heavy atom. The van der Waals surface area contributed by atoms with Gasteiger partial charge in [0.2, 0.25) is 35.4 Å². The summed E-state index contributed by atoms with van der Waals surface area (Å²) in [5.74, 6) is -9.58. The van der Waals surface area contributed by atoms with Gasteiger partial charge in [-0.15, -0.1) is 0 Å². The van der Waals surface area contributed by atoms with Crippen molar-refractivity contribution in [2.75, 3.05) is 19.8 Å². The topological polar surface area (TPSA) is 356 Å². The molecule has 0 aliphatic rings. The van der Waals surface area contributed by atoms with E-state index in [2.05, 4.69) is 26.6 Å². The van der Waals surface area contributed by atoms with Crippen LogP contribution in [-0.2, 0) is 38.4 Å². The molecule has 48 heavy (non-hydrogen) atoms. The molecule has 6 amide bonds. The molecule has 0 aromatic carbocycles. The van der Waals surface area contributed by atoms with Gasteiger partial charge in [-0.2, -0.15) is 0 Å². The van der Waals surface area contributed by atoms with Gasteiger partial charge in [-0.25, -0.2) is 4.79 Å². The molecule has 0 aromatic heterocycles. The molecule has 0 fully saturated rings. The largest absolute Gasteiger partial charge is 0.481 e. The number of aliphatic hydroxyl groups excluding tert-OH is 4. The van der Waals surface area contributed by atoms with Gasteiger partial charge in [0.1, 0.15) is 36.3 Å². The fourth-order valence-corrected chi connectivity index (χ4v) is 3.85. The van der Waals surface area contributed by atoms with Crippen LogP contribution in [-0.4, -0.2) is 146 Å². The van der Waals surface area contributed by atoms with Crippen LogP contribution in [0.2, 0.25) is 0 Å². The third-order valence-electron chi connectivity index (χ3n) is 6.52. The van der Waals surface area contributed by atoms with Crippen LogP contribution in [0.4, 0.5) is 0 Å². The van der Waals surface area contributed by atoms with Crippen molar-refractivity contribution in [1.82, 2.24) is 31.9 Å². The highest BCUT2D eigenvalue weighted by Gasteiger charge is 2.34. The number of nitrogens with one attached hydrogen (secondary N) is 6. The Morgan fingerprint density at radius 2 is 0.958 bits per heavy atom. The molecule has 0 aliphatic carbocycles. The van der Waals surface area contributed by atoms with Crippen LogP contribution in [0.5, 0.6) is 0 Å². The molecule has 0 spiro atoms. The maximum Gasteiger partial charge on any atom is 0.328 e. The van der Waals surface area contributed by atoms with Gasteiger partial charge in [0.15, 0.2) is 0 Å². The van der Waals surface area contributed by atoms with Crippen LogP contribution in [0.25, 0.3) is 0 Å². The zero-order valence-electron chi connectivity index (χ0n) is 27.0. The molecule has 21 heteroatoms. The number of carboxylic acid groups (broad SMARTS) is 2. The van der Waals surface area contributed by atoms with E-state index in [-0.39, 0.29) is 12.3 Å². The molecule has 0 unspecified atom stereocenters. The summed E-state index contributed by atoms with van der Waals surface area (Å²) in [6.07, 6.45) is -2.66. The lowest BCUT2D eigenvalue weighted by atomic mass is 10.0. The van der Waals surface area contributed by atoms with E-state index in [1.807, 2.05) is 5.32 Å². The standard InChI is InChI=1S/C27H47N7O14/c1-11(2)7-15(23(43)29-14(5-6-19(39)40)22(42)33-18(10-37)27(47)48)30-24(44)16(8-35)31-25(45)17(9-36)32-26(46)20(13(4)38)34-21(41)12(3)28/h11-18,20,35-38H,5-10,28H2,1-4H3,(H,29,43)(H,30,44)(H,31,45)(H,32,46)(H,33,42)(H,34,41)(H,39,40)(H,47,48)/t12-,13+,14-,15-,16-,17-,18-,20-/m0/s1. The number of carboxylic acids is 2. The average Bonchev–Trinajstić information content (AvgIpc) is 2.99. The van der Waals surface area contributed by atoms with E-state index in [1.54, 1.807) is 13.8 Å². The monoisotopic (exact) mass is 693 g/mol. The summed E-state index contributed by atoms with van der Waals surface area (Å²) in [6, 6.07) is -11.0. The minimum atomic E-state index is -1.76. The normalized spacial score (nSPS) is 16.0. The summed E-state index contributed by atoms with van der Waals surface area (Å²) in [5, 5.41) is 69.7. The maximum absolute atomic E-state index is 13.2. The lowest BCUT2D eigenvalue weighted by molar-refractivity contribution is -0.144. The first-order valence-electron chi connectivity index (χ1n) is 14.8. The zero-order valence-corrected chi connectivity index (χ0v) is 27.0. The highest BCUT2D eigenvalue weighted by molar-refractivity contribution is 5.97. The van der Waals surface area contributed by atoms with Gasteiger partial charge in [-0.1, -0.05) is 13.8 Å². The second-order valence-corrected chi connectivity index (χ2v) is 11.3. The highest BCUT2D eigenvalue weighted by Crippen LogP contribution is 2.08. The third kappa shape index (κ3) is 15.4. The van der Waals surface area contributed by atoms with E-state index < -0.39 is 128 Å². The number of rotatable bonds is 22. The van der Waals surface area contributed by atoms with Crippen LogP contribution in [0.3, 0.4) is 0 Å². The molecule has 0 saturated carbocycles. The molecular formula is C27H47N7O14. The number of hydrogen-bond acceptors (Lipinski definition) is 13. The molecular weight excluding hydrogens is 646 g/mol. The fourth-order valence-electron chi connectivity index (χ4n) is 3.85. The van der Waals surface area contributed by atoms with Gasteiger partial charge in [0.05, 0.1) is 32.0 Å². The summed E-state index contributed by atoms with van der Waals surface area (Å²) in [7, 11) is 0. The van der Waals surface area contributed by atoms with Crippen LogP contribution in [0, 0.1) is 5.92 Å². The smallest absolute Gasteiger partial charge is 0.328 e. The number of nitrogens with two attached hydrogens (primary N) is 1. The van der Waals surface area contributed by atoms with Crippen molar-refractivity contribution in [2.45, 2.75) is 95.4 Å². The summed E-state index contributed by atoms with van der Waals surface area (Å²) in [6.45, 7) is 2.73. The molecule has 0 aromatic rings. The fraction of sp³-hybridized carbons (Fsp3) is 0.704. The number of hydrogen-bond donors (Lipinski definition) is 13. The van der Waals surface area contributed by atoms with Gasteiger partial charge < -0.3 is 68.3 Å².